The van der Waals surface area contributed by atoms with Crippen molar-refractivity contribution in [1.29, 1.82) is 0 Å². The number of halogens is 1. The number of nitro benzene ring substituents is 1. The van der Waals surface area contributed by atoms with Crippen molar-refractivity contribution in [2.45, 2.75) is 13.0 Å². The Morgan fingerprint density at radius 3 is 2.68 bits per heavy atom. The maximum Gasteiger partial charge on any atom is 0.288 e. The van der Waals surface area contributed by atoms with Gasteiger partial charge in [0.15, 0.2) is 0 Å². The molecule has 0 spiro atoms. The van der Waals surface area contributed by atoms with Gasteiger partial charge in [-0.3, -0.25) is 10.1 Å². The van der Waals surface area contributed by atoms with Gasteiger partial charge >= 0.3 is 0 Å². The highest BCUT2D eigenvalue weighted by Gasteiger charge is 2.12. The van der Waals surface area contributed by atoms with Gasteiger partial charge in [0.2, 0.25) is 0 Å². The summed E-state index contributed by atoms with van der Waals surface area (Å²) in [5.41, 5.74) is 0.604. The first-order valence-electron chi connectivity index (χ1n) is 5.61. The number of hydrogen-bond donors (Lipinski definition) is 1. The number of nitro groups is 1. The Kier molecular flexibility index (Phi) is 5.71. The number of benzene rings is 1. The van der Waals surface area contributed by atoms with E-state index in [9.17, 15) is 18.5 Å². The molecule has 0 heterocycles. The third-order valence-corrected chi connectivity index (χ3v) is 3.75. The van der Waals surface area contributed by atoms with Crippen molar-refractivity contribution in [3.05, 3.63) is 38.9 Å². The van der Waals surface area contributed by atoms with E-state index >= 15 is 0 Å². The third kappa shape index (κ3) is 6.00. The Labute approximate surface area is 116 Å². The molecule has 0 amide bonds. The Hall–Kier alpha value is -1.18. The number of nitrogens with zero attached hydrogens (tertiary/aromatic N) is 1. The van der Waals surface area contributed by atoms with Gasteiger partial charge in [0.1, 0.15) is 14.9 Å². The van der Waals surface area contributed by atoms with E-state index in [0.29, 0.717) is 19.5 Å². The van der Waals surface area contributed by atoms with Crippen LogP contribution < -0.4 is 5.32 Å². The number of rotatable bonds is 7. The van der Waals surface area contributed by atoms with Crippen LogP contribution in [0.5, 0.6) is 0 Å². The summed E-state index contributed by atoms with van der Waals surface area (Å²) in [6.07, 6.45) is 1.70. The van der Waals surface area contributed by atoms with Gasteiger partial charge in [0.05, 0.1) is 10.7 Å². The molecule has 0 radical (unpaired) electrons. The van der Waals surface area contributed by atoms with Crippen molar-refractivity contribution in [2.75, 3.05) is 18.6 Å². The quantitative estimate of drug-likeness (QED) is 0.471. The molecule has 0 saturated carbocycles. The molecule has 0 fully saturated rings. The number of hydrogen-bond acceptors (Lipinski definition) is 5. The highest BCUT2D eigenvalue weighted by Crippen LogP contribution is 2.24. The van der Waals surface area contributed by atoms with Crippen molar-refractivity contribution < 1.29 is 13.3 Å². The van der Waals surface area contributed by atoms with Gasteiger partial charge in [0.25, 0.3) is 5.69 Å². The maximum atomic E-state index is 10.9. The maximum absolute atomic E-state index is 10.9. The third-order valence-electron chi connectivity index (χ3n) is 2.41. The van der Waals surface area contributed by atoms with E-state index in [1.807, 2.05) is 0 Å². The zero-order valence-electron chi connectivity index (χ0n) is 10.4. The van der Waals surface area contributed by atoms with Gasteiger partial charge < -0.3 is 5.32 Å². The fourth-order valence-corrected chi connectivity index (χ4v) is 2.36. The second kappa shape index (κ2) is 6.83. The fourth-order valence-electron chi connectivity index (χ4n) is 1.50. The van der Waals surface area contributed by atoms with Crippen LogP contribution >= 0.6 is 11.6 Å². The normalized spacial score (nSPS) is 11.5. The summed E-state index contributed by atoms with van der Waals surface area (Å²) in [7, 11) is -2.94. The zero-order chi connectivity index (χ0) is 14.5. The van der Waals surface area contributed by atoms with Crippen LogP contribution in [0.3, 0.4) is 0 Å². The zero-order valence-corrected chi connectivity index (χ0v) is 12.0. The summed E-state index contributed by atoms with van der Waals surface area (Å²) in [4.78, 5) is 10.2. The minimum Gasteiger partial charge on any atom is -0.313 e. The van der Waals surface area contributed by atoms with Crippen LogP contribution in [0.25, 0.3) is 0 Å². The summed E-state index contributed by atoms with van der Waals surface area (Å²) in [6, 6.07) is 4.58. The second-order valence-electron chi connectivity index (χ2n) is 4.20. The Bertz CT molecular complexity index is 560. The van der Waals surface area contributed by atoms with Gasteiger partial charge in [-0.05, 0) is 24.6 Å². The molecule has 0 bridgehead atoms. The Balaban J connectivity index is 2.46. The van der Waals surface area contributed by atoms with Crippen molar-refractivity contribution >= 4 is 27.1 Å². The standard InChI is InChI=1S/C11H15ClN2O4S/c1-19(17,18)6-2-5-13-8-9-3-4-10(12)11(7-9)14(15)16/h3-4,7,13H,2,5-6,8H2,1H3. The average Bonchev–Trinajstić information content (AvgIpc) is 2.29. The Morgan fingerprint density at radius 2 is 2.11 bits per heavy atom. The molecule has 0 aliphatic rings. The molecule has 106 valence electrons. The SMILES string of the molecule is CS(=O)(=O)CCCNCc1ccc(Cl)c([N+](=O)[O-])c1. The molecule has 0 atom stereocenters. The fraction of sp³-hybridized carbons (Fsp3) is 0.455. The summed E-state index contributed by atoms with van der Waals surface area (Å²) in [5.74, 6) is 0.126. The smallest absolute Gasteiger partial charge is 0.288 e. The van der Waals surface area contributed by atoms with Crippen LogP contribution in [0.15, 0.2) is 18.2 Å². The molecule has 0 aromatic heterocycles. The predicted octanol–water partition coefficient (Wildman–Crippen LogP) is 1.77. The van der Waals surface area contributed by atoms with E-state index in [1.54, 1.807) is 6.07 Å². The lowest BCUT2D eigenvalue weighted by atomic mass is 10.2. The van der Waals surface area contributed by atoms with Crippen molar-refractivity contribution in [3.8, 4) is 0 Å². The highest BCUT2D eigenvalue weighted by atomic mass is 35.5. The number of sulfone groups is 1. The molecule has 1 N–H and O–H groups in total. The van der Waals surface area contributed by atoms with Gasteiger partial charge in [-0.25, -0.2) is 8.42 Å². The summed E-state index contributed by atoms with van der Waals surface area (Å²) in [6.45, 7) is 0.964. The molecule has 1 aromatic carbocycles. The van der Waals surface area contributed by atoms with Crippen LogP contribution in [0.2, 0.25) is 5.02 Å². The van der Waals surface area contributed by atoms with Crippen molar-refractivity contribution in [2.24, 2.45) is 0 Å². The second-order valence-corrected chi connectivity index (χ2v) is 6.87. The Morgan fingerprint density at radius 1 is 1.42 bits per heavy atom. The molecule has 6 nitrogen and oxygen atoms in total. The average molecular weight is 307 g/mol. The van der Waals surface area contributed by atoms with E-state index in [-0.39, 0.29) is 16.5 Å². The lowest BCUT2D eigenvalue weighted by molar-refractivity contribution is -0.384. The molecule has 1 rings (SSSR count). The molecule has 0 saturated heterocycles. The van der Waals surface area contributed by atoms with Crippen LogP contribution in [0.1, 0.15) is 12.0 Å². The van der Waals surface area contributed by atoms with Crippen LogP contribution in [-0.4, -0.2) is 31.9 Å². The molecule has 0 unspecified atom stereocenters. The van der Waals surface area contributed by atoms with Crippen molar-refractivity contribution in [3.63, 3.8) is 0 Å². The summed E-state index contributed by atoms with van der Waals surface area (Å²) >= 11 is 5.70. The topological polar surface area (TPSA) is 89.3 Å². The highest BCUT2D eigenvalue weighted by molar-refractivity contribution is 7.90. The van der Waals surface area contributed by atoms with Crippen LogP contribution in [0, 0.1) is 10.1 Å². The van der Waals surface area contributed by atoms with E-state index in [4.69, 9.17) is 11.6 Å². The lowest BCUT2D eigenvalue weighted by Gasteiger charge is -2.05. The molecular formula is C11H15ClN2O4S. The van der Waals surface area contributed by atoms with Crippen molar-refractivity contribution in [1.82, 2.24) is 5.32 Å². The van der Waals surface area contributed by atoms with E-state index in [1.165, 1.54) is 18.4 Å². The van der Waals surface area contributed by atoms with Gasteiger partial charge in [-0.15, -0.1) is 0 Å². The molecule has 0 aliphatic heterocycles. The summed E-state index contributed by atoms with van der Waals surface area (Å²) in [5, 5.41) is 13.8. The molecule has 1 aromatic rings. The van der Waals surface area contributed by atoms with E-state index < -0.39 is 14.8 Å². The van der Waals surface area contributed by atoms with Gasteiger partial charge in [0, 0.05) is 18.9 Å². The number of nitrogens with one attached hydrogen (secondary N) is 1. The van der Waals surface area contributed by atoms with E-state index in [2.05, 4.69) is 5.32 Å². The lowest BCUT2D eigenvalue weighted by Crippen LogP contribution is -2.17. The molecule has 19 heavy (non-hydrogen) atoms. The molecule has 0 aliphatic carbocycles. The van der Waals surface area contributed by atoms with Gasteiger partial charge in [-0.2, -0.15) is 0 Å². The largest absolute Gasteiger partial charge is 0.313 e. The monoisotopic (exact) mass is 306 g/mol. The van der Waals surface area contributed by atoms with E-state index in [0.717, 1.165) is 5.56 Å². The first kappa shape index (κ1) is 15.9. The van der Waals surface area contributed by atoms with Crippen LogP contribution in [-0.2, 0) is 16.4 Å². The molecule has 8 heteroatoms. The first-order chi connectivity index (χ1) is 8.79. The molecular weight excluding hydrogens is 292 g/mol. The predicted molar refractivity (Wildman–Crippen MR) is 74.1 cm³/mol. The van der Waals surface area contributed by atoms with Gasteiger partial charge in [-0.1, -0.05) is 17.7 Å². The first-order valence-corrected chi connectivity index (χ1v) is 8.05. The summed E-state index contributed by atoms with van der Waals surface area (Å²) < 4.78 is 21.8. The minimum atomic E-state index is -2.94. The minimum absolute atomic E-state index is 0.103. The van der Waals surface area contributed by atoms with Crippen LogP contribution in [0.4, 0.5) is 5.69 Å².